The largest absolute Gasteiger partial charge is 0.297 e. The summed E-state index contributed by atoms with van der Waals surface area (Å²) in [6.45, 7) is 1.75. The molecular formula is C17H13ClN8O. The molecule has 134 valence electrons. The van der Waals surface area contributed by atoms with Gasteiger partial charge in [0.2, 0.25) is 11.8 Å². The zero-order valence-electron chi connectivity index (χ0n) is 14.1. The van der Waals surface area contributed by atoms with Crippen LogP contribution in [0.15, 0.2) is 48.7 Å². The fourth-order valence-corrected chi connectivity index (χ4v) is 2.53. The average molecular weight is 381 g/mol. The van der Waals surface area contributed by atoms with E-state index < -0.39 is 5.91 Å². The van der Waals surface area contributed by atoms with Gasteiger partial charge in [-0.25, -0.2) is 9.67 Å². The number of amides is 1. The number of aromatic amines is 1. The van der Waals surface area contributed by atoms with Crippen molar-refractivity contribution in [2.24, 2.45) is 0 Å². The lowest BCUT2D eigenvalue weighted by atomic mass is 10.3. The van der Waals surface area contributed by atoms with Crippen LogP contribution in [0.2, 0.25) is 5.02 Å². The third kappa shape index (κ3) is 3.53. The number of carbonyl (C=O) groups excluding carboxylic acids is 1. The van der Waals surface area contributed by atoms with Crippen LogP contribution in [-0.4, -0.2) is 40.8 Å². The Labute approximate surface area is 158 Å². The van der Waals surface area contributed by atoms with E-state index in [4.69, 9.17) is 11.6 Å². The monoisotopic (exact) mass is 380 g/mol. The Hall–Kier alpha value is -3.59. The Morgan fingerprint density at radius 3 is 2.70 bits per heavy atom. The Morgan fingerprint density at radius 2 is 1.96 bits per heavy atom. The molecular weight excluding hydrogens is 368 g/mol. The number of benzene rings is 1. The molecule has 0 aliphatic heterocycles. The van der Waals surface area contributed by atoms with E-state index in [1.54, 1.807) is 54.2 Å². The first kappa shape index (κ1) is 16.9. The number of carbonyl (C=O) groups is 1. The molecule has 0 radical (unpaired) electrons. The number of aromatic nitrogens is 7. The van der Waals surface area contributed by atoms with E-state index >= 15 is 0 Å². The minimum atomic E-state index is -0.516. The van der Waals surface area contributed by atoms with Gasteiger partial charge in [0.25, 0.3) is 5.91 Å². The number of H-pyrrole nitrogens is 1. The van der Waals surface area contributed by atoms with E-state index in [-0.39, 0.29) is 11.8 Å². The van der Waals surface area contributed by atoms with Crippen molar-refractivity contribution < 1.29 is 4.79 Å². The Bertz CT molecular complexity index is 1090. The molecule has 0 aliphatic rings. The zero-order valence-corrected chi connectivity index (χ0v) is 14.8. The molecule has 1 amide bonds. The summed E-state index contributed by atoms with van der Waals surface area (Å²) in [5.74, 6) is 0.610. The van der Waals surface area contributed by atoms with Gasteiger partial charge in [-0.1, -0.05) is 17.7 Å². The first-order valence-electron chi connectivity index (χ1n) is 7.95. The van der Waals surface area contributed by atoms with Crippen molar-refractivity contribution in [1.29, 1.82) is 0 Å². The molecule has 0 aliphatic carbocycles. The van der Waals surface area contributed by atoms with E-state index in [0.29, 0.717) is 22.4 Å². The predicted molar refractivity (Wildman–Crippen MR) is 98.7 cm³/mol. The van der Waals surface area contributed by atoms with Crippen molar-refractivity contribution >= 4 is 23.5 Å². The molecule has 0 saturated carbocycles. The number of hydrogen-bond acceptors (Lipinski definition) is 6. The first-order chi connectivity index (χ1) is 13.1. The summed E-state index contributed by atoms with van der Waals surface area (Å²) in [4.78, 5) is 25.0. The van der Waals surface area contributed by atoms with E-state index in [2.05, 4.69) is 35.6 Å². The van der Waals surface area contributed by atoms with Gasteiger partial charge >= 0.3 is 0 Å². The Morgan fingerprint density at radius 1 is 1.15 bits per heavy atom. The number of nitrogens with one attached hydrogen (secondary N) is 2. The van der Waals surface area contributed by atoms with Gasteiger partial charge in [0.1, 0.15) is 11.5 Å². The lowest BCUT2D eigenvalue weighted by Crippen LogP contribution is -2.15. The second kappa shape index (κ2) is 6.96. The quantitative estimate of drug-likeness (QED) is 0.562. The molecule has 0 fully saturated rings. The molecule has 2 N–H and O–H groups in total. The minimum Gasteiger partial charge on any atom is -0.286 e. The van der Waals surface area contributed by atoms with Crippen LogP contribution in [0.1, 0.15) is 16.4 Å². The predicted octanol–water partition coefficient (Wildman–Crippen LogP) is 2.66. The third-order valence-electron chi connectivity index (χ3n) is 3.66. The maximum atomic E-state index is 12.4. The van der Waals surface area contributed by atoms with Gasteiger partial charge in [0, 0.05) is 11.2 Å². The third-order valence-corrected chi connectivity index (χ3v) is 3.91. The smallest absolute Gasteiger partial charge is 0.286 e. The van der Waals surface area contributed by atoms with Crippen molar-refractivity contribution in [3.8, 4) is 17.2 Å². The number of nitrogens with zero attached hydrogens (tertiary/aromatic N) is 6. The van der Waals surface area contributed by atoms with Crippen LogP contribution in [0.4, 0.5) is 5.95 Å². The molecule has 27 heavy (non-hydrogen) atoms. The number of hydrogen-bond donors (Lipinski definition) is 2. The van der Waals surface area contributed by atoms with Crippen LogP contribution in [0.5, 0.6) is 0 Å². The number of pyridine rings is 1. The van der Waals surface area contributed by atoms with Crippen LogP contribution in [0, 0.1) is 6.92 Å². The first-order valence-corrected chi connectivity index (χ1v) is 8.33. The lowest BCUT2D eigenvalue weighted by molar-refractivity contribution is 0.101. The van der Waals surface area contributed by atoms with Crippen LogP contribution < -0.4 is 5.32 Å². The molecule has 0 saturated heterocycles. The van der Waals surface area contributed by atoms with Crippen LogP contribution in [0.25, 0.3) is 17.2 Å². The van der Waals surface area contributed by atoms with Gasteiger partial charge in [-0.15, -0.1) is 10.2 Å². The highest BCUT2D eigenvalue weighted by atomic mass is 35.5. The molecule has 0 atom stereocenters. The summed E-state index contributed by atoms with van der Waals surface area (Å²) < 4.78 is 1.56. The summed E-state index contributed by atoms with van der Waals surface area (Å²) in [7, 11) is 0. The summed E-state index contributed by atoms with van der Waals surface area (Å²) in [6, 6.07) is 12.5. The van der Waals surface area contributed by atoms with Gasteiger partial charge in [0.15, 0.2) is 5.82 Å². The highest BCUT2D eigenvalue weighted by Gasteiger charge is 2.17. The fourth-order valence-electron chi connectivity index (χ4n) is 2.41. The minimum absolute atomic E-state index is 0.00614. The van der Waals surface area contributed by atoms with Crippen molar-refractivity contribution in [1.82, 2.24) is 34.9 Å². The Kier molecular flexibility index (Phi) is 4.35. The maximum absolute atomic E-state index is 12.4. The van der Waals surface area contributed by atoms with E-state index in [1.807, 2.05) is 6.07 Å². The topological polar surface area (TPSA) is 114 Å². The molecule has 0 spiro atoms. The van der Waals surface area contributed by atoms with Crippen molar-refractivity contribution in [2.45, 2.75) is 6.92 Å². The summed E-state index contributed by atoms with van der Waals surface area (Å²) >= 11 is 5.90. The van der Waals surface area contributed by atoms with Gasteiger partial charge in [-0.05, 0) is 43.3 Å². The van der Waals surface area contributed by atoms with Crippen LogP contribution >= 0.6 is 11.6 Å². The number of anilines is 1. The molecule has 0 unspecified atom stereocenters. The second-order valence-corrected chi connectivity index (χ2v) is 5.98. The normalized spacial score (nSPS) is 10.7. The SMILES string of the molecule is Cc1nc(C(=O)Nc2n[nH]c(-c3ccccn3)n2)nn1-c1ccc(Cl)cc1. The molecule has 9 nitrogen and oxygen atoms in total. The number of halogens is 1. The maximum Gasteiger partial charge on any atom is 0.297 e. The molecule has 0 bridgehead atoms. The van der Waals surface area contributed by atoms with Crippen LogP contribution in [0.3, 0.4) is 0 Å². The van der Waals surface area contributed by atoms with Crippen LogP contribution in [-0.2, 0) is 0 Å². The summed E-state index contributed by atoms with van der Waals surface area (Å²) in [5, 5.41) is 14.1. The summed E-state index contributed by atoms with van der Waals surface area (Å²) in [6.07, 6.45) is 1.65. The highest BCUT2D eigenvalue weighted by molar-refractivity contribution is 6.30. The van der Waals surface area contributed by atoms with Crippen molar-refractivity contribution in [2.75, 3.05) is 5.32 Å². The Balaban J connectivity index is 1.53. The molecule has 3 heterocycles. The molecule has 4 rings (SSSR count). The zero-order chi connectivity index (χ0) is 18.8. The number of rotatable bonds is 4. The molecule has 10 heteroatoms. The standard InChI is InChI=1S/C17H13ClN8O/c1-10-20-15(25-26(10)12-7-5-11(18)6-8-12)16(27)22-17-21-14(23-24-17)13-4-2-3-9-19-13/h2-9H,1H3,(H2,21,22,23,24,27). The summed E-state index contributed by atoms with van der Waals surface area (Å²) in [5.41, 5.74) is 1.37. The molecule has 3 aromatic heterocycles. The molecule has 1 aromatic carbocycles. The van der Waals surface area contributed by atoms with Gasteiger partial charge in [-0.3, -0.25) is 20.2 Å². The fraction of sp³-hybridized carbons (Fsp3) is 0.0588. The van der Waals surface area contributed by atoms with E-state index in [0.717, 1.165) is 5.69 Å². The lowest BCUT2D eigenvalue weighted by Gasteiger charge is -2.02. The van der Waals surface area contributed by atoms with Crippen molar-refractivity contribution in [3.05, 3.63) is 65.3 Å². The average Bonchev–Trinajstić information content (AvgIpc) is 3.30. The van der Waals surface area contributed by atoms with Crippen molar-refractivity contribution in [3.63, 3.8) is 0 Å². The molecule has 4 aromatic rings. The van der Waals surface area contributed by atoms with E-state index in [1.165, 1.54) is 0 Å². The van der Waals surface area contributed by atoms with Gasteiger partial charge < -0.3 is 0 Å². The number of aryl methyl sites for hydroxylation is 1. The van der Waals surface area contributed by atoms with Gasteiger partial charge in [0.05, 0.1) is 5.69 Å². The second-order valence-electron chi connectivity index (χ2n) is 5.55. The highest BCUT2D eigenvalue weighted by Crippen LogP contribution is 2.15. The van der Waals surface area contributed by atoms with Gasteiger partial charge in [-0.2, -0.15) is 4.98 Å². The van der Waals surface area contributed by atoms with E-state index in [9.17, 15) is 4.79 Å².